The molecule has 0 spiro atoms. The van der Waals surface area contributed by atoms with Crippen molar-refractivity contribution in [3.8, 4) is 5.75 Å². The van der Waals surface area contributed by atoms with Gasteiger partial charge in [0.1, 0.15) is 5.75 Å². The van der Waals surface area contributed by atoms with Crippen molar-refractivity contribution >= 4 is 0 Å². The summed E-state index contributed by atoms with van der Waals surface area (Å²) in [6, 6.07) is 10.4. The Morgan fingerprint density at radius 1 is 1.32 bits per heavy atom. The van der Waals surface area contributed by atoms with Crippen LogP contribution in [0.15, 0.2) is 42.7 Å². The molecule has 1 aromatic carbocycles. The van der Waals surface area contributed by atoms with E-state index in [1.807, 2.05) is 12.3 Å². The van der Waals surface area contributed by atoms with Crippen LogP contribution in [-0.2, 0) is 0 Å². The molecule has 2 aromatic rings. The van der Waals surface area contributed by atoms with E-state index in [0.717, 1.165) is 23.4 Å². The van der Waals surface area contributed by atoms with E-state index in [-0.39, 0.29) is 6.04 Å². The highest BCUT2D eigenvalue weighted by Gasteiger charge is 2.17. The van der Waals surface area contributed by atoms with E-state index in [1.54, 1.807) is 13.3 Å². The van der Waals surface area contributed by atoms with Gasteiger partial charge in [0.15, 0.2) is 0 Å². The zero-order valence-electron chi connectivity index (χ0n) is 11.7. The van der Waals surface area contributed by atoms with Crippen LogP contribution in [0.3, 0.4) is 0 Å². The summed E-state index contributed by atoms with van der Waals surface area (Å²) in [7, 11) is 1.71. The zero-order valence-corrected chi connectivity index (χ0v) is 11.7. The van der Waals surface area contributed by atoms with Crippen molar-refractivity contribution in [2.24, 2.45) is 0 Å². The van der Waals surface area contributed by atoms with Crippen LogP contribution in [0.25, 0.3) is 0 Å². The molecule has 0 fully saturated rings. The molecule has 19 heavy (non-hydrogen) atoms. The number of aromatic nitrogens is 1. The van der Waals surface area contributed by atoms with Gasteiger partial charge in [-0.05, 0) is 36.7 Å². The van der Waals surface area contributed by atoms with Gasteiger partial charge in [-0.25, -0.2) is 0 Å². The number of rotatable bonds is 5. The molecule has 100 valence electrons. The van der Waals surface area contributed by atoms with Gasteiger partial charge < -0.3 is 10.1 Å². The summed E-state index contributed by atoms with van der Waals surface area (Å²) in [5.74, 6) is 0.912. The maximum atomic E-state index is 5.51. The number of benzene rings is 1. The molecule has 0 aliphatic rings. The third-order valence-electron chi connectivity index (χ3n) is 3.13. The van der Waals surface area contributed by atoms with Crippen molar-refractivity contribution in [1.82, 2.24) is 10.3 Å². The lowest BCUT2D eigenvalue weighted by molar-refractivity contribution is 0.404. The van der Waals surface area contributed by atoms with Crippen LogP contribution in [0.5, 0.6) is 5.75 Å². The predicted octanol–water partition coefficient (Wildman–Crippen LogP) is 3.10. The molecular formula is C16H20N2O. The summed E-state index contributed by atoms with van der Waals surface area (Å²) in [5, 5.41) is 3.49. The average molecular weight is 256 g/mol. The van der Waals surface area contributed by atoms with Gasteiger partial charge in [0.25, 0.3) is 0 Å². The van der Waals surface area contributed by atoms with E-state index in [1.165, 1.54) is 5.56 Å². The van der Waals surface area contributed by atoms with Gasteiger partial charge in [-0.3, -0.25) is 4.98 Å². The number of aryl methyl sites for hydroxylation is 1. The van der Waals surface area contributed by atoms with Crippen molar-refractivity contribution < 1.29 is 4.74 Å². The van der Waals surface area contributed by atoms with E-state index in [9.17, 15) is 0 Å². The first kappa shape index (κ1) is 13.6. The van der Waals surface area contributed by atoms with Crippen molar-refractivity contribution in [1.29, 1.82) is 0 Å². The molecule has 3 heteroatoms. The van der Waals surface area contributed by atoms with Crippen LogP contribution in [0, 0.1) is 6.92 Å². The fourth-order valence-electron chi connectivity index (χ4n) is 2.22. The smallest absolute Gasteiger partial charge is 0.124 e. The minimum absolute atomic E-state index is 0.106. The second kappa shape index (κ2) is 6.34. The third-order valence-corrected chi connectivity index (χ3v) is 3.13. The fourth-order valence-corrected chi connectivity index (χ4v) is 2.22. The molecule has 0 saturated heterocycles. The number of hydrogen-bond donors (Lipinski definition) is 1. The molecule has 0 bridgehead atoms. The van der Waals surface area contributed by atoms with Gasteiger partial charge in [-0.2, -0.15) is 0 Å². The van der Waals surface area contributed by atoms with Gasteiger partial charge in [-0.15, -0.1) is 0 Å². The second-order valence-corrected chi connectivity index (χ2v) is 4.52. The standard InChI is InChI=1S/C16H20N2O/c1-4-18-16(13-6-5-9-17-11-13)14-8-7-12(2)10-15(14)19-3/h5-11,16,18H,4H2,1-3H3. The number of ether oxygens (including phenoxy) is 1. The highest BCUT2D eigenvalue weighted by Crippen LogP contribution is 2.30. The molecule has 0 radical (unpaired) electrons. The molecule has 1 unspecified atom stereocenters. The van der Waals surface area contributed by atoms with Crippen LogP contribution < -0.4 is 10.1 Å². The van der Waals surface area contributed by atoms with Crippen LogP contribution in [-0.4, -0.2) is 18.6 Å². The minimum Gasteiger partial charge on any atom is -0.496 e. The van der Waals surface area contributed by atoms with Crippen LogP contribution in [0.1, 0.15) is 29.7 Å². The van der Waals surface area contributed by atoms with E-state index in [0.29, 0.717) is 0 Å². The van der Waals surface area contributed by atoms with Crippen molar-refractivity contribution in [3.05, 3.63) is 59.4 Å². The normalized spacial score (nSPS) is 12.2. The van der Waals surface area contributed by atoms with Crippen molar-refractivity contribution in [2.45, 2.75) is 19.9 Å². The summed E-state index contributed by atoms with van der Waals surface area (Å²) in [6.45, 7) is 5.05. The Balaban J connectivity index is 2.45. The molecule has 0 saturated carbocycles. The van der Waals surface area contributed by atoms with Gasteiger partial charge >= 0.3 is 0 Å². The molecule has 0 amide bonds. The molecule has 1 N–H and O–H groups in total. The quantitative estimate of drug-likeness (QED) is 0.892. The van der Waals surface area contributed by atoms with Gasteiger partial charge in [-0.1, -0.05) is 25.1 Å². The van der Waals surface area contributed by atoms with E-state index in [2.05, 4.69) is 48.4 Å². The van der Waals surface area contributed by atoms with Crippen LogP contribution >= 0.6 is 0 Å². The number of pyridine rings is 1. The summed E-state index contributed by atoms with van der Waals surface area (Å²) < 4.78 is 5.51. The maximum Gasteiger partial charge on any atom is 0.124 e. The van der Waals surface area contributed by atoms with Crippen LogP contribution in [0.2, 0.25) is 0 Å². The molecule has 0 aliphatic carbocycles. The fraction of sp³-hybridized carbons (Fsp3) is 0.312. The molecule has 1 heterocycles. The summed E-state index contributed by atoms with van der Waals surface area (Å²) in [5.41, 5.74) is 3.48. The van der Waals surface area contributed by atoms with Crippen molar-refractivity contribution in [3.63, 3.8) is 0 Å². The topological polar surface area (TPSA) is 34.2 Å². The lowest BCUT2D eigenvalue weighted by atomic mass is 9.98. The highest BCUT2D eigenvalue weighted by atomic mass is 16.5. The number of hydrogen-bond acceptors (Lipinski definition) is 3. The number of nitrogens with zero attached hydrogens (tertiary/aromatic N) is 1. The van der Waals surface area contributed by atoms with Gasteiger partial charge in [0, 0.05) is 18.0 Å². The Labute approximate surface area is 114 Å². The Bertz CT molecular complexity index is 526. The van der Waals surface area contributed by atoms with Crippen molar-refractivity contribution in [2.75, 3.05) is 13.7 Å². The largest absolute Gasteiger partial charge is 0.496 e. The first-order chi connectivity index (χ1) is 9.26. The molecule has 3 nitrogen and oxygen atoms in total. The maximum absolute atomic E-state index is 5.51. The third kappa shape index (κ3) is 3.12. The minimum atomic E-state index is 0.106. The Hall–Kier alpha value is -1.87. The highest BCUT2D eigenvalue weighted by molar-refractivity contribution is 5.43. The summed E-state index contributed by atoms with van der Waals surface area (Å²) in [4.78, 5) is 4.21. The average Bonchev–Trinajstić information content (AvgIpc) is 2.46. The summed E-state index contributed by atoms with van der Waals surface area (Å²) >= 11 is 0. The molecule has 2 rings (SSSR count). The first-order valence-electron chi connectivity index (χ1n) is 6.54. The summed E-state index contributed by atoms with van der Waals surface area (Å²) in [6.07, 6.45) is 3.69. The van der Waals surface area contributed by atoms with Gasteiger partial charge in [0.05, 0.1) is 13.2 Å². The molecule has 1 atom stereocenters. The van der Waals surface area contributed by atoms with Gasteiger partial charge in [0.2, 0.25) is 0 Å². The number of nitrogens with one attached hydrogen (secondary N) is 1. The molecule has 1 aromatic heterocycles. The monoisotopic (exact) mass is 256 g/mol. The zero-order chi connectivity index (χ0) is 13.7. The number of methoxy groups -OCH3 is 1. The first-order valence-corrected chi connectivity index (χ1v) is 6.54. The van der Waals surface area contributed by atoms with E-state index < -0.39 is 0 Å². The van der Waals surface area contributed by atoms with E-state index >= 15 is 0 Å². The molecule has 0 aliphatic heterocycles. The lowest BCUT2D eigenvalue weighted by Gasteiger charge is -2.21. The lowest BCUT2D eigenvalue weighted by Crippen LogP contribution is -2.22. The Morgan fingerprint density at radius 3 is 2.79 bits per heavy atom. The SMILES string of the molecule is CCNC(c1cccnc1)c1ccc(C)cc1OC. The predicted molar refractivity (Wildman–Crippen MR) is 77.5 cm³/mol. The molecular weight excluding hydrogens is 236 g/mol. The Morgan fingerprint density at radius 2 is 2.16 bits per heavy atom. The Kier molecular flexibility index (Phi) is 4.53. The second-order valence-electron chi connectivity index (χ2n) is 4.52. The van der Waals surface area contributed by atoms with E-state index in [4.69, 9.17) is 4.74 Å². The van der Waals surface area contributed by atoms with Crippen LogP contribution in [0.4, 0.5) is 0 Å².